The summed E-state index contributed by atoms with van der Waals surface area (Å²) in [6, 6.07) is 12.0. The van der Waals surface area contributed by atoms with Gasteiger partial charge in [-0.15, -0.1) is 11.3 Å². The van der Waals surface area contributed by atoms with Crippen LogP contribution in [0.5, 0.6) is 11.5 Å². The third-order valence-electron chi connectivity index (χ3n) is 4.63. The summed E-state index contributed by atoms with van der Waals surface area (Å²) >= 11 is 3.10. The van der Waals surface area contributed by atoms with E-state index in [4.69, 9.17) is 14.6 Å². The fourth-order valence-electron chi connectivity index (χ4n) is 2.95. The Hall–Kier alpha value is -2.60. The zero-order valence-corrected chi connectivity index (χ0v) is 20.7. The summed E-state index contributed by atoms with van der Waals surface area (Å²) in [6.45, 7) is 0.441. The number of aromatic nitrogens is 1. The van der Waals surface area contributed by atoms with E-state index < -0.39 is 10.0 Å². The maximum Gasteiger partial charge on any atom is 0.238 e. The smallest absolute Gasteiger partial charge is 0.238 e. The monoisotopic (exact) mass is 507 g/mol. The number of primary sulfonamides is 1. The van der Waals surface area contributed by atoms with E-state index in [1.807, 2.05) is 23.6 Å². The van der Waals surface area contributed by atoms with E-state index in [1.54, 1.807) is 38.1 Å². The van der Waals surface area contributed by atoms with Crippen LogP contribution in [0.4, 0.5) is 0 Å². The van der Waals surface area contributed by atoms with Crippen LogP contribution < -0.4 is 19.9 Å². The van der Waals surface area contributed by atoms with Crippen molar-refractivity contribution in [2.45, 2.75) is 27.8 Å². The zero-order valence-electron chi connectivity index (χ0n) is 18.2. The minimum atomic E-state index is -3.70. The van der Waals surface area contributed by atoms with E-state index in [0.29, 0.717) is 18.7 Å². The highest BCUT2D eigenvalue weighted by atomic mass is 32.2. The SMILES string of the molecule is COc1cc(CSc2nc(CC(=O)NCCc3ccc(S(N)(=O)=O)cc3)cs2)cc(OC)c1. The molecule has 2 aromatic carbocycles. The summed E-state index contributed by atoms with van der Waals surface area (Å²) < 4.78 is 34.1. The van der Waals surface area contributed by atoms with Crippen molar-refractivity contribution in [3.63, 3.8) is 0 Å². The van der Waals surface area contributed by atoms with Gasteiger partial charge in [-0.2, -0.15) is 0 Å². The second-order valence-electron chi connectivity index (χ2n) is 7.08. The molecular formula is C22H25N3O5S3. The molecule has 0 bridgehead atoms. The lowest BCUT2D eigenvalue weighted by molar-refractivity contribution is -0.120. The van der Waals surface area contributed by atoms with Crippen LogP contribution in [-0.2, 0) is 33.4 Å². The van der Waals surface area contributed by atoms with Crippen LogP contribution in [0.15, 0.2) is 57.1 Å². The van der Waals surface area contributed by atoms with Crippen molar-refractivity contribution >= 4 is 39.0 Å². The second-order valence-corrected chi connectivity index (χ2v) is 10.7. The van der Waals surface area contributed by atoms with Gasteiger partial charge in [0.2, 0.25) is 15.9 Å². The van der Waals surface area contributed by atoms with Gasteiger partial charge in [0.15, 0.2) is 0 Å². The average molecular weight is 508 g/mol. The molecule has 3 rings (SSSR count). The number of methoxy groups -OCH3 is 2. The fraction of sp³-hybridized carbons (Fsp3) is 0.273. The molecule has 0 fully saturated rings. The normalized spacial score (nSPS) is 11.2. The Labute approximate surface area is 201 Å². The van der Waals surface area contributed by atoms with Gasteiger partial charge in [0.1, 0.15) is 15.8 Å². The number of nitrogens with zero attached hydrogens (tertiary/aromatic N) is 1. The van der Waals surface area contributed by atoms with Crippen molar-refractivity contribution in [1.82, 2.24) is 10.3 Å². The number of carbonyl (C=O) groups is 1. The predicted octanol–water partition coefficient (Wildman–Crippen LogP) is 3.00. The van der Waals surface area contributed by atoms with Crippen LogP contribution in [0, 0.1) is 0 Å². The number of nitrogens with two attached hydrogens (primary N) is 1. The van der Waals surface area contributed by atoms with Gasteiger partial charge in [-0.3, -0.25) is 4.79 Å². The van der Waals surface area contributed by atoms with Crippen molar-refractivity contribution < 1.29 is 22.7 Å². The summed E-state index contributed by atoms with van der Waals surface area (Å²) in [7, 11) is -0.463. The molecule has 3 N–H and O–H groups in total. The van der Waals surface area contributed by atoms with Gasteiger partial charge in [-0.1, -0.05) is 23.9 Å². The summed E-state index contributed by atoms with van der Waals surface area (Å²) in [5.74, 6) is 2.07. The number of sulfonamides is 1. The van der Waals surface area contributed by atoms with Crippen molar-refractivity contribution in [2.24, 2.45) is 5.14 Å². The van der Waals surface area contributed by atoms with Crippen LogP contribution in [0.25, 0.3) is 0 Å². The molecule has 176 valence electrons. The number of carbonyl (C=O) groups excluding carboxylic acids is 1. The quantitative estimate of drug-likeness (QED) is 0.383. The van der Waals surface area contributed by atoms with Gasteiger partial charge in [0.25, 0.3) is 0 Å². The number of benzene rings is 2. The minimum Gasteiger partial charge on any atom is -0.497 e. The van der Waals surface area contributed by atoms with E-state index in [9.17, 15) is 13.2 Å². The molecule has 11 heteroatoms. The van der Waals surface area contributed by atoms with Gasteiger partial charge < -0.3 is 14.8 Å². The zero-order chi connectivity index (χ0) is 23.8. The maximum absolute atomic E-state index is 12.2. The number of hydrogen-bond acceptors (Lipinski definition) is 8. The molecule has 0 atom stereocenters. The molecule has 0 saturated carbocycles. The number of thioether (sulfide) groups is 1. The lowest BCUT2D eigenvalue weighted by Crippen LogP contribution is -2.27. The van der Waals surface area contributed by atoms with Crippen molar-refractivity contribution in [1.29, 1.82) is 0 Å². The van der Waals surface area contributed by atoms with E-state index in [2.05, 4.69) is 10.3 Å². The Morgan fingerprint density at radius 1 is 1.09 bits per heavy atom. The minimum absolute atomic E-state index is 0.0676. The van der Waals surface area contributed by atoms with Crippen molar-refractivity contribution in [3.8, 4) is 11.5 Å². The second kappa shape index (κ2) is 11.5. The Morgan fingerprint density at radius 3 is 2.36 bits per heavy atom. The van der Waals surface area contributed by atoms with Crippen LogP contribution in [-0.4, -0.2) is 40.1 Å². The average Bonchev–Trinajstić information content (AvgIpc) is 3.24. The molecule has 0 aliphatic rings. The largest absolute Gasteiger partial charge is 0.497 e. The highest BCUT2D eigenvalue weighted by molar-refractivity contribution is 8.00. The highest BCUT2D eigenvalue weighted by Crippen LogP contribution is 2.30. The van der Waals surface area contributed by atoms with Gasteiger partial charge in [-0.05, 0) is 41.8 Å². The van der Waals surface area contributed by atoms with Crippen LogP contribution in [0.2, 0.25) is 0 Å². The molecule has 1 amide bonds. The molecule has 0 aliphatic heterocycles. The van der Waals surface area contributed by atoms with Crippen LogP contribution >= 0.6 is 23.1 Å². The highest BCUT2D eigenvalue weighted by Gasteiger charge is 2.10. The number of rotatable bonds is 11. The first-order valence-electron chi connectivity index (χ1n) is 9.94. The summed E-state index contributed by atoms with van der Waals surface area (Å²) in [4.78, 5) is 16.8. The molecule has 3 aromatic rings. The maximum atomic E-state index is 12.2. The molecule has 0 saturated heterocycles. The predicted molar refractivity (Wildman–Crippen MR) is 129 cm³/mol. The fourth-order valence-corrected chi connectivity index (χ4v) is 5.24. The molecule has 0 radical (unpaired) electrons. The molecule has 0 aliphatic carbocycles. The first-order chi connectivity index (χ1) is 15.8. The molecule has 0 unspecified atom stereocenters. The number of ether oxygens (including phenoxy) is 2. The first kappa shape index (κ1) is 25.0. The summed E-state index contributed by atoms with van der Waals surface area (Å²) in [5, 5.41) is 9.85. The standard InChI is InChI=1S/C22H25N3O5S3/c1-29-18-9-16(10-19(12-18)30-2)13-31-22-25-17(14-32-22)11-21(26)24-8-7-15-3-5-20(6-4-15)33(23,27)28/h3-6,9-10,12,14H,7-8,11,13H2,1-2H3,(H,24,26)(H2,23,27,28). The van der Waals surface area contributed by atoms with Gasteiger partial charge in [0, 0.05) is 23.7 Å². The number of nitrogens with one attached hydrogen (secondary N) is 1. The van der Waals surface area contributed by atoms with Crippen LogP contribution in [0.1, 0.15) is 16.8 Å². The summed E-state index contributed by atoms with van der Waals surface area (Å²) in [6.07, 6.45) is 0.785. The molecule has 8 nitrogen and oxygen atoms in total. The topological polar surface area (TPSA) is 121 Å². The Kier molecular flexibility index (Phi) is 8.73. The van der Waals surface area contributed by atoms with Gasteiger partial charge in [0.05, 0.1) is 31.2 Å². The van der Waals surface area contributed by atoms with Gasteiger partial charge in [-0.25, -0.2) is 18.5 Å². The Bertz CT molecular complexity index is 1170. The number of hydrogen-bond donors (Lipinski definition) is 2. The van der Waals surface area contributed by atoms with E-state index in [0.717, 1.165) is 32.7 Å². The third kappa shape index (κ3) is 7.74. The first-order valence-corrected chi connectivity index (χ1v) is 13.4. The van der Waals surface area contributed by atoms with Crippen molar-refractivity contribution in [3.05, 3.63) is 64.7 Å². The van der Waals surface area contributed by atoms with Crippen molar-refractivity contribution in [2.75, 3.05) is 20.8 Å². The molecular weight excluding hydrogens is 482 g/mol. The Morgan fingerprint density at radius 2 is 1.76 bits per heavy atom. The lowest BCUT2D eigenvalue weighted by Gasteiger charge is -2.07. The Balaban J connectivity index is 1.45. The van der Waals surface area contributed by atoms with E-state index >= 15 is 0 Å². The molecule has 1 aromatic heterocycles. The summed E-state index contributed by atoms with van der Waals surface area (Å²) in [5.41, 5.74) is 2.69. The van der Waals surface area contributed by atoms with Gasteiger partial charge >= 0.3 is 0 Å². The van der Waals surface area contributed by atoms with E-state index in [1.165, 1.54) is 23.5 Å². The third-order valence-corrected chi connectivity index (χ3v) is 7.70. The van der Waals surface area contributed by atoms with Crippen LogP contribution in [0.3, 0.4) is 0 Å². The van der Waals surface area contributed by atoms with E-state index in [-0.39, 0.29) is 17.2 Å². The molecule has 33 heavy (non-hydrogen) atoms. The number of amides is 1. The lowest BCUT2D eigenvalue weighted by atomic mass is 10.1. The molecule has 0 spiro atoms. The molecule has 1 heterocycles. The number of thiazole rings is 1.